The molecule has 0 aliphatic carbocycles. The van der Waals surface area contributed by atoms with Crippen molar-refractivity contribution >= 4 is 21.1 Å². The molecule has 0 atom stereocenters. The van der Waals surface area contributed by atoms with Crippen LogP contribution in [-0.4, -0.2) is 42.1 Å². The summed E-state index contributed by atoms with van der Waals surface area (Å²) in [6.45, 7) is 4.80. The van der Waals surface area contributed by atoms with Crippen LogP contribution in [0.2, 0.25) is 0 Å². The number of hydrogen-bond acceptors (Lipinski definition) is 4. The number of sulfonamides is 1. The molecule has 8 heteroatoms. The van der Waals surface area contributed by atoms with Gasteiger partial charge in [0.1, 0.15) is 11.9 Å². The van der Waals surface area contributed by atoms with Crippen LogP contribution in [-0.2, 0) is 10.0 Å². The van der Waals surface area contributed by atoms with E-state index >= 15 is 0 Å². The lowest BCUT2D eigenvalue weighted by atomic mass is 9.90. The number of hydrogen-bond donors (Lipinski definition) is 2. The Morgan fingerprint density at radius 3 is 2.52 bits per heavy atom. The van der Waals surface area contributed by atoms with Crippen molar-refractivity contribution < 1.29 is 23.1 Å². The molecule has 0 spiro atoms. The molecule has 3 aromatic rings. The Bertz CT molecular complexity index is 1100. The summed E-state index contributed by atoms with van der Waals surface area (Å²) in [5.74, 6) is 0.914. The van der Waals surface area contributed by atoms with E-state index in [2.05, 4.69) is 4.98 Å². The lowest BCUT2D eigenvalue weighted by molar-refractivity contribution is -0.885. The maximum atomic E-state index is 13.0. The number of nitrogens with zero attached hydrogens (tertiary/aromatic N) is 2. The van der Waals surface area contributed by atoms with Crippen molar-refractivity contribution in [2.24, 2.45) is 0 Å². The van der Waals surface area contributed by atoms with Crippen molar-refractivity contribution in [2.45, 2.75) is 43.6 Å². The number of fused-ring (bicyclic) bond motifs is 1. The number of aromatic nitrogens is 2. The number of H-pyrrole nitrogens is 1. The van der Waals surface area contributed by atoms with E-state index < -0.39 is 10.0 Å². The molecule has 1 saturated heterocycles. The van der Waals surface area contributed by atoms with Crippen molar-refractivity contribution in [3.63, 3.8) is 0 Å². The van der Waals surface area contributed by atoms with Crippen molar-refractivity contribution in [1.82, 2.24) is 9.29 Å². The first-order chi connectivity index (χ1) is 13.9. The molecule has 3 heterocycles. The van der Waals surface area contributed by atoms with Gasteiger partial charge in [-0.05, 0) is 69.0 Å². The molecule has 1 aromatic carbocycles. The van der Waals surface area contributed by atoms with Gasteiger partial charge in [0, 0.05) is 18.7 Å². The van der Waals surface area contributed by atoms with Crippen molar-refractivity contribution in [3.8, 4) is 5.75 Å². The molecule has 154 valence electrons. The summed E-state index contributed by atoms with van der Waals surface area (Å²) < 4.78 is 34.3. The summed E-state index contributed by atoms with van der Waals surface area (Å²) in [7, 11) is -3.52. The first kappa shape index (κ1) is 19.7. The number of ether oxygens (including phenoxy) is 1. The SMILES string of the molecule is CC(C)Oc1ccc(S(=O)(=O)N2CCC(c3c[nH]c4c3ccc[n+]4O)CC2)cc1. The standard InChI is InChI=1S/C21H25N3O4S/c1-15(2)28-17-5-7-18(8-6-17)29(26,27)23-12-9-16(10-13-23)20-14-22-21-19(20)4-3-11-24(21)25/h3-8,11,14-16,25H,9-10,12-13H2,1-2H3/p+1. The Morgan fingerprint density at radius 2 is 1.86 bits per heavy atom. The summed E-state index contributed by atoms with van der Waals surface area (Å²) in [6.07, 6.45) is 5.01. The summed E-state index contributed by atoms with van der Waals surface area (Å²) >= 11 is 0. The van der Waals surface area contributed by atoms with Crippen LogP contribution < -0.4 is 9.47 Å². The predicted molar refractivity (Wildman–Crippen MR) is 109 cm³/mol. The molecule has 0 radical (unpaired) electrons. The number of rotatable bonds is 5. The molecule has 1 aliphatic rings. The zero-order chi connectivity index (χ0) is 20.6. The van der Waals surface area contributed by atoms with E-state index in [0.717, 1.165) is 28.5 Å². The van der Waals surface area contributed by atoms with Gasteiger partial charge in [0.2, 0.25) is 10.0 Å². The van der Waals surface area contributed by atoms with Crippen LogP contribution in [0.25, 0.3) is 11.0 Å². The summed E-state index contributed by atoms with van der Waals surface area (Å²) in [5.41, 5.74) is 1.77. The molecule has 1 aliphatic heterocycles. The Hall–Kier alpha value is -2.58. The van der Waals surface area contributed by atoms with Gasteiger partial charge in [0.25, 0.3) is 0 Å². The van der Waals surface area contributed by atoms with Gasteiger partial charge in [-0.2, -0.15) is 4.31 Å². The third-order valence-corrected chi connectivity index (χ3v) is 7.29. The third-order valence-electron chi connectivity index (χ3n) is 5.38. The van der Waals surface area contributed by atoms with E-state index in [1.165, 1.54) is 0 Å². The molecular formula is C21H26N3O4S+. The van der Waals surface area contributed by atoms with Gasteiger partial charge >= 0.3 is 5.65 Å². The molecule has 0 amide bonds. The number of nitrogens with one attached hydrogen (secondary N) is 1. The van der Waals surface area contributed by atoms with Crippen molar-refractivity contribution in [3.05, 3.63) is 54.4 Å². The topological polar surface area (TPSA) is 86.5 Å². The quantitative estimate of drug-likeness (QED) is 0.494. The fraction of sp³-hybridized carbons (Fsp3) is 0.381. The van der Waals surface area contributed by atoms with Crippen molar-refractivity contribution in [1.29, 1.82) is 0 Å². The van der Waals surface area contributed by atoms with Crippen LogP contribution >= 0.6 is 0 Å². The normalized spacial score (nSPS) is 16.5. The minimum absolute atomic E-state index is 0.0429. The predicted octanol–water partition coefficient (Wildman–Crippen LogP) is 3.05. The first-order valence-corrected chi connectivity index (χ1v) is 11.3. The highest BCUT2D eigenvalue weighted by atomic mass is 32.2. The number of pyridine rings is 1. The summed E-state index contributed by atoms with van der Waals surface area (Å²) in [6, 6.07) is 10.4. The van der Waals surface area contributed by atoms with Crippen LogP contribution in [0.15, 0.2) is 53.7 Å². The second-order valence-corrected chi connectivity index (χ2v) is 9.61. The zero-order valence-corrected chi connectivity index (χ0v) is 17.4. The van der Waals surface area contributed by atoms with E-state index in [1.807, 2.05) is 26.1 Å². The highest BCUT2D eigenvalue weighted by Crippen LogP contribution is 2.34. The Balaban J connectivity index is 1.47. The highest BCUT2D eigenvalue weighted by Gasteiger charge is 2.31. The molecule has 7 nitrogen and oxygen atoms in total. The molecule has 0 bridgehead atoms. The number of piperidine rings is 1. The van der Waals surface area contributed by atoms with Gasteiger partial charge in [-0.1, -0.05) is 4.73 Å². The molecule has 0 saturated carbocycles. The molecule has 0 unspecified atom stereocenters. The third kappa shape index (κ3) is 3.82. The van der Waals surface area contributed by atoms with E-state index in [4.69, 9.17) is 4.74 Å². The average molecular weight is 417 g/mol. The highest BCUT2D eigenvalue weighted by molar-refractivity contribution is 7.89. The maximum absolute atomic E-state index is 13.0. The zero-order valence-electron chi connectivity index (χ0n) is 16.6. The first-order valence-electron chi connectivity index (χ1n) is 9.84. The molecule has 2 aromatic heterocycles. The van der Waals surface area contributed by atoms with Gasteiger partial charge < -0.3 is 9.94 Å². The molecule has 29 heavy (non-hydrogen) atoms. The van der Waals surface area contributed by atoms with E-state index in [9.17, 15) is 13.6 Å². The van der Waals surface area contributed by atoms with Gasteiger partial charge in [0.15, 0.2) is 0 Å². The summed E-state index contributed by atoms with van der Waals surface area (Å²) in [4.78, 5) is 3.40. The van der Waals surface area contributed by atoms with Crippen LogP contribution in [0.5, 0.6) is 5.75 Å². The molecule has 4 rings (SSSR count). The Kier molecular flexibility index (Phi) is 5.23. The molecule has 1 fully saturated rings. The van der Waals surface area contributed by atoms with Gasteiger partial charge in [-0.15, -0.1) is 0 Å². The fourth-order valence-corrected chi connectivity index (χ4v) is 5.42. The number of aromatic amines is 1. The van der Waals surface area contributed by atoms with Crippen LogP contribution in [0, 0.1) is 0 Å². The van der Waals surface area contributed by atoms with Crippen LogP contribution in [0.3, 0.4) is 0 Å². The molecule has 2 N–H and O–H groups in total. The maximum Gasteiger partial charge on any atom is 0.326 e. The van der Waals surface area contributed by atoms with Gasteiger partial charge in [-0.25, -0.2) is 13.4 Å². The lowest BCUT2D eigenvalue weighted by Crippen LogP contribution is -2.37. The fourth-order valence-electron chi connectivity index (χ4n) is 3.95. The average Bonchev–Trinajstić information content (AvgIpc) is 3.13. The number of benzene rings is 1. The largest absolute Gasteiger partial charge is 0.491 e. The summed E-state index contributed by atoms with van der Waals surface area (Å²) in [5, 5.41) is 10.9. The monoisotopic (exact) mass is 416 g/mol. The van der Waals surface area contributed by atoms with Crippen LogP contribution in [0.4, 0.5) is 0 Å². The van der Waals surface area contributed by atoms with E-state index in [0.29, 0.717) is 29.4 Å². The second-order valence-electron chi connectivity index (χ2n) is 7.68. The lowest BCUT2D eigenvalue weighted by Gasteiger charge is -2.31. The van der Waals surface area contributed by atoms with Crippen molar-refractivity contribution in [2.75, 3.05) is 13.1 Å². The molecular weight excluding hydrogens is 390 g/mol. The van der Waals surface area contributed by atoms with Gasteiger partial charge in [0.05, 0.1) is 22.6 Å². The van der Waals surface area contributed by atoms with E-state index in [1.54, 1.807) is 40.8 Å². The van der Waals surface area contributed by atoms with Gasteiger partial charge in [-0.3, -0.25) is 0 Å². The minimum Gasteiger partial charge on any atom is -0.491 e. The Labute approximate surface area is 170 Å². The Morgan fingerprint density at radius 1 is 1.17 bits per heavy atom. The van der Waals surface area contributed by atoms with Crippen LogP contribution in [0.1, 0.15) is 38.2 Å². The second kappa shape index (κ2) is 7.68. The van der Waals surface area contributed by atoms with E-state index in [-0.39, 0.29) is 12.0 Å². The smallest absolute Gasteiger partial charge is 0.326 e. The minimum atomic E-state index is -3.52.